The van der Waals surface area contributed by atoms with Gasteiger partial charge in [0.25, 0.3) is 21.6 Å². The minimum Gasteiger partial charge on any atom is -0.341 e. The van der Waals surface area contributed by atoms with Crippen molar-refractivity contribution in [3.8, 4) is 0 Å². The predicted octanol–water partition coefficient (Wildman–Crippen LogP) is 3.12. The van der Waals surface area contributed by atoms with Gasteiger partial charge < -0.3 is 4.90 Å². The van der Waals surface area contributed by atoms with Crippen LogP contribution in [0.2, 0.25) is 0 Å². The second-order valence-electron chi connectivity index (χ2n) is 6.52. The molecule has 0 atom stereocenters. The van der Waals surface area contributed by atoms with Crippen LogP contribution in [0.5, 0.6) is 0 Å². The van der Waals surface area contributed by atoms with E-state index in [2.05, 4.69) is 4.72 Å². The van der Waals surface area contributed by atoms with E-state index in [1.807, 2.05) is 13.8 Å². The molecule has 0 fully saturated rings. The van der Waals surface area contributed by atoms with Crippen molar-refractivity contribution in [1.29, 1.82) is 0 Å². The van der Waals surface area contributed by atoms with Gasteiger partial charge in [0.1, 0.15) is 0 Å². The Balaban J connectivity index is 2.17. The molecule has 0 aliphatic rings. The van der Waals surface area contributed by atoms with Gasteiger partial charge in [-0.25, -0.2) is 8.42 Å². The normalized spacial score (nSPS) is 11.3. The van der Waals surface area contributed by atoms with Gasteiger partial charge in [-0.15, -0.1) is 0 Å². The summed E-state index contributed by atoms with van der Waals surface area (Å²) in [6.45, 7) is 4.63. The van der Waals surface area contributed by atoms with Crippen LogP contribution in [0.1, 0.15) is 24.2 Å². The van der Waals surface area contributed by atoms with Gasteiger partial charge in [0.2, 0.25) is 0 Å². The van der Waals surface area contributed by atoms with Gasteiger partial charge in [-0.3, -0.25) is 19.6 Å². The number of rotatable bonds is 7. The van der Waals surface area contributed by atoms with Gasteiger partial charge in [-0.2, -0.15) is 0 Å². The largest absolute Gasteiger partial charge is 0.341 e. The molecule has 2 aromatic carbocycles. The van der Waals surface area contributed by atoms with Crippen molar-refractivity contribution in [1.82, 2.24) is 4.90 Å². The zero-order valence-corrected chi connectivity index (χ0v) is 16.1. The Morgan fingerprint density at radius 2 is 1.81 bits per heavy atom. The number of benzene rings is 2. The molecule has 1 N–H and O–H groups in total. The molecule has 0 heterocycles. The molecule has 0 bridgehead atoms. The number of carbonyl (C=O) groups is 1. The topological polar surface area (TPSA) is 110 Å². The Labute approximate surface area is 158 Å². The van der Waals surface area contributed by atoms with E-state index < -0.39 is 14.9 Å². The molecule has 144 valence electrons. The number of nitro groups is 1. The molecular weight excluding hydrogens is 370 g/mol. The summed E-state index contributed by atoms with van der Waals surface area (Å²) in [6, 6.07) is 10.8. The highest BCUT2D eigenvalue weighted by Gasteiger charge is 2.18. The monoisotopic (exact) mass is 391 g/mol. The van der Waals surface area contributed by atoms with Crippen LogP contribution in [-0.2, 0) is 10.0 Å². The standard InChI is InChI=1S/C18H21N3O5S/c1-13(2)12-20(3)18(22)14-7-9-15(10-8-14)19-27(25,26)17-6-4-5-16(11-17)21(23)24/h4-11,13,19H,12H2,1-3H3. The Bertz CT molecular complexity index is 940. The number of nitrogens with one attached hydrogen (secondary N) is 1. The molecule has 0 aliphatic heterocycles. The van der Waals surface area contributed by atoms with E-state index in [1.165, 1.54) is 42.5 Å². The Morgan fingerprint density at radius 1 is 1.19 bits per heavy atom. The lowest BCUT2D eigenvalue weighted by Gasteiger charge is -2.19. The number of hydrogen-bond donors (Lipinski definition) is 1. The fraction of sp³-hybridized carbons (Fsp3) is 0.278. The molecule has 2 rings (SSSR count). The Morgan fingerprint density at radius 3 is 2.37 bits per heavy atom. The van der Waals surface area contributed by atoms with Crippen molar-refractivity contribution in [3.63, 3.8) is 0 Å². The number of nitrogens with zero attached hydrogens (tertiary/aromatic N) is 2. The number of nitro benzene ring substituents is 1. The van der Waals surface area contributed by atoms with Gasteiger partial charge in [0.15, 0.2) is 0 Å². The van der Waals surface area contributed by atoms with Crippen LogP contribution >= 0.6 is 0 Å². The number of non-ortho nitro benzene ring substituents is 1. The lowest BCUT2D eigenvalue weighted by molar-refractivity contribution is -0.385. The zero-order chi connectivity index (χ0) is 20.2. The molecule has 1 amide bonds. The fourth-order valence-corrected chi connectivity index (χ4v) is 3.61. The van der Waals surface area contributed by atoms with E-state index in [1.54, 1.807) is 11.9 Å². The summed E-state index contributed by atoms with van der Waals surface area (Å²) in [5.41, 5.74) is 0.382. The van der Waals surface area contributed by atoms with E-state index in [-0.39, 0.29) is 22.2 Å². The summed E-state index contributed by atoms with van der Waals surface area (Å²) < 4.78 is 27.2. The molecular formula is C18H21N3O5S. The molecule has 0 unspecified atom stereocenters. The number of anilines is 1. The minimum absolute atomic E-state index is 0.156. The van der Waals surface area contributed by atoms with Gasteiger partial charge in [-0.05, 0) is 36.2 Å². The van der Waals surface area contributed by atoms with Crippen LogP contribution in [0.15, 0.2) is 53.4 Å². The number of sulfonamides is 1. The van der Waals surface area contributed by atoms with Crippen LogP contribution in [0.4, 0.5) is 11.4 Å². The third-order valence-electron chi connectivity index (χ3n) is 3.71. The predicted molar refractivity (Wildman–Crippen MR) is 102 cm³/mol. The third kappa shape index (κ3) is 5.27. The molecule has 0 aliphatic carbocycles. The second-order valence-corrected chi connectivity index (χ2v) is 8.20. The summed E-state index contributed by atoms with van der Waals surface area (Å²) in [7, 11) is -2.27. The van der Waals surface area contributed by atoms with Crippen LogP contribution in [-0.4, -0.2) is 37.7 Å². The number of carbonyl (C=O) groups excluding carboxylic acids is 1. The van der Waals surface area contributed by atoms with Crippen molar-refractivity contribution in [2.75, 3.05) is 18.3 Å². The lowest BCUT2D eigenvalue weighted by atomic mass is 10.1. The minimum atomic E-state index is -3.98. The van der Waals surface area contributed by atoms with Gasteiger partial charge in [0, 0.05) is 37.0 Å². The highest BCUT2D eigenvalue weighted by atomic mass is 32.2. The van der Waals surface area contributed by atoms with E-state index in [4.69, 9.17) is 0 Å². The highest BCUT2D eigenvalue weighted by molar-refractivity contribution is 7.92. The molecule has 0 saturated heterocycles. The van der Waals surface area contributed by atoms with E-state index in [0.29, 0.717) is 18.0 Å². The summed E-state index contributed by atoms with van der Waals surface area (Å²) in [6.07, 6.45) is 0. The van der Waals surface area contributed by atoms with Crippen molar-refractivity contribution in [3.05, 3.63) is 64.2 Å². The lowest BCUT2D eigenvalue weighted by Crippen LogP contribution is -2.30. The van der Waals surface area contributed by atoms with E-state index in [9.17, 15) is 23.3 Å². The molecule has 27 heavy (non-hydrogen) atoms. The van der Waals surface area contributed by atoms with Crippen molar-refractivity contribution < 1.29 is 18.1 Å². The third-order valence-corrected chi connectivity index (χ3v) is 5.09. The molecule has 2 aromatic rings. The molecule has 9 heteroatoms. The average molecular weight is 391 g/mol. The summed E-state index contributed by atoms with van der Waals surface area (Å²) in [5, 5.41) is 10.8. The quantitative estimate of drug-likeness (QED) is 0.576. The van der Waals surface area contributed by atoms with E-state index >= 15 is 0 Å². The first kappa shape index (κ1) is 20.4. The van der Waals surface area contributed by atoms with Crippen LogP contribution < -0.4 is 4.72 Å². The fourth-order valence-electron chi connectivity index (χ4n) is 2.51. The summed E-state index contributed by atoms with van der Waals surface area (Å²) in [5.74, 6) is 0.178. The molecule has 0 spiro atoms. The SMILES string of the molecule is CC(C)CN(C)C(=O)c1ccc(NS(=O)(=O)c2cccc([N+](=O)[O-])c2)cc1. The van der Waals surface area contributed by atoms with Crippen molar-refractivity contribution >= 4 is 27.3 Å². The highest BCUT2D eigenvalue weighted by Crippen LogP contribution is 2.21. The zero-order valence-electron chi connectivity index (χ0n) is 15.2. The van der Waals surface area contributed by atoms with Gasteiger partial charge >= 0.3 is 0 Å². The summed E-state index contributed by atoms with van der Waals surface area (Å²) >= 11 is 0. The second kappa shape index (κ2) is 8.17. The molecule has 0 radical (unpaired) electrons. The molecule has 8 nitrogen and oxygen atoms in total. The van der Waals surface area contributed by atoms with Crippen molar-refractivity contribution in [2.24, 2.45) is 5.92 Å². The maximum atomic E-state index is 12.4. The van der Waals surface area contributed by atoms with Crippen LogP contribution in [0, 0.1) is 16.0 Å². The Kier molecular flexibility index (Phi) is 6.17. The maximum absolute atomic E-state index is 12.4. The Hall–Kier alpha value is -2.94. The van der Waals surface area contributed by atoms with Gasteiger partial charge in [-0.1, -0.05) is 19.9 Å². The first-order chi connectivity index (χ1) is 12.6. The van der Waals surface area contributed by atoms with Crippen LogP contribution in [0.25, 0.3) is 0 Å². The number of hydrogen-bond acceptors (Lipinski definition) is 5. The first-order valence-corrected chi connectivity index (χ1v) is 9.71. The van der Waals surface area contributed by atoms with Gasteiger partial charge in [0.05, 0.1) is 9.82 Å². The summed E-state index contributed by atoms with van der Waals surface area (Å²) in [4.78, 5) is 23.9. The molecule has 0 saturated carbocycles. The number of amides is 1. The van der Waals surface area contributed by atoms with Crippen molar-refractivity contribution in [2.45, 2.75) is 18.7 Å². The first-order valence-electron chi connectivity index (χ1n) is 8.23. The van der Waals surface area contributed by atoms with E-state index in [0.717, 1.165) is 6.07 Å². The van der Waals surface area contributed by atoms with Crippen LogP contribution in [0.3, 0.4) is 0 Å². The maximum Gasteiger partial charge on any atom is 0.270 e. The smallest absolute Gasteiger partial charge is 0.270 e. The molecule has 0 aromatic heterocycles. The average Bonchev–Trinajstić information content (AvgIpc) is 2.61.